The van der Waals surface area contributed by atoms with Gasteiger partial charge in [0.25, 0.3) is 5.91 Å². The molecule has 0 unspecified atom stereocenters. The molecule has 0 bridgehead atoms. The van der Waals surface area contributed by atoms with E-state index in [1.807, 2.05) is 0 Å². The summed E-state index contributed by atoms with van der Waals surface area (Å²) in [5, 5.41) is 2.80. The maximum absolute atomic E-state index is 12.1. The zero-order valence-corrected chi connectivity index (χ0v) is 11.5. The summed E-state index contributed by atoms with van der Waals surface area (Å²) in [5.74, 6) is 0.328. The van der Waals surface area contributed by atoms with Crippen molar-refractivity contribution in [1.82, 2.24) is 15.0 Å². The van der Waals surface area contributed by atoms with Crippen LogP contribution in [0.1, 0.15) is 10.4 Å². The number of amides is 1. The minimum absolute atomic E-state index is 0.212. The molecule has 2 aromatic heterocycles. The van der Waals surface area contributed by atoms with Crippen LogP contribution in [0.5, 0.6) is 11.8 Å². The van der Waals surface area contributed by atoms with E-state index in [9.17, 15) is 4.79 Å². The van der Waals surface area contributed by atoms with E-state index in [2.05, 4.69) is 20.3 Å². The lowest BCUT2D eigenvalue weighted by molar-refractivity contribution is 0.102. The van der Waals surface area contributed by atoms with Crippen LogP contribution in [0.3, 0.4) is 0 Å². The van der Waals surface area contributed by atoms with Gasteiger partial charge in [-0.1, -0.05) is 6.07 Å². The summed E-state index contributed by atoms with van der Waals surface area (Å²) in [6.07, 6.45) is 6.33. The van der Waals surface area contributed by atoms with E-state index in [0.29, 0.717) is 17.0 Å². The lowest BCUT2D eigenvalue weighted by Crippen LogP contribution is -2.11. The van der Waals surface area contributed by atoms with Crippen LogP contribution in [0.2, 0.25) is 0 Å². The quantitative estimate of drug-likeness (QED) is 0.800. The first-order chi connectivity index (χ1) is 10.8. The molecule has 0 fully saturated rings. The van der Waals surface area contributed by atoms with Crippen LogP contribution in [0, 0.1) is 0 Å². The Labute approximate surface area is 126 Å². The van der Waals surface area contributed by atoms with Gasteiger partial charge in [-0.25, -0.2) is 9.97 Å². The SMILES string of the molecule is O=C(Nc1cccc(Oc2ncccn2)c1)c1ccncc1. The highest BCUT2D eigenvalue weighted by atomic mass is 16.5. The molecule has 0 radical (unpaired) electrons. The molecule has 0 atom stereocenters. The number of hydrogen-bond acceptors (Lipinski definition) is 5. The second kappa shape index (κ2) is 6.45. The van der Waals surface area contributed by atoms with Crippen molar-refractivity contribution in [2.24, 2.45) is 0 Å². The van der Waals surface area contributed by atoms with Crippen molar-refractivity contribution in [3.05, 3.63) is 72.8 Å². The Hall–Kier alpha value is -3.28. The summed E-state index contributed by atoms with van der Waals surface area (Å²) < 4.78 is 5.52. The normalized spacial score (nSPS) is 10.0. The van der Waals surface area contributed by atoms with Crippen molar-refractivity contribution < 1.29 is 9.53 Å². The molecular weight excluding hydrogens is 280 g/mol. The molecule has 1 N–H and O–H groups in total. The van der Waals surface area contributed by atoms with Crippen LogP contribution in [0.25, 0.3) is 0 Å². The molecule has 3 aromatic rings. The third-order valence-electron chi connectivity index (χ3n) is 2.79. The molecular formula is C16H12N4O2. The van der Waals surface area contributed by atoms with Crippen molar-refractivity contribution in [1.29, 1.82) is 0 Å². The molecule has 0 saturated carbocycles. The van der Waals surface area contributed by atoms with E-state index in [0.717, 1.165) is 0 Å². The topological polar surface area (TPSA) is 77.0 Å². The predicted octanol–water partition coefficient (Wildman–Crippen LogP) is 2.92. The zero-order chi connectivity index (χ0) is 15.2. The third kappa shape index (κ3) is 3.43. The van der Waals surface area contributed by atoms with Crippen LogP contribution in [-0.4, -0.2) is 20.9 Å². The second-order valence-electron chi connectivity index (χ2n) is 4.35. The van der Waals surface area contributed by atoms with Crippen molar-refractivity contribution in [2.45, 2.75) is 0 Å². The van der Waals surface area contributed by atoms with Gasteiger partial charge < -0.3 is 10.1 Å². The van der Waals surface area contributed by atoms with E-state index in [-0.39, 0.29) is 11.9 Å². The highest BCUT2D eigenvalue weighted by molar-refractivity contribution is 6.04. The van der Waals surface area contributed by atoms with Crippen LogP contribution in [0.15, 0.2) is 67.3 Å². The Balaban J connectivity index is 1.73. The molecule has 0 aliphatic heterocycles. The number of hydrogen-bond donors (Lipinski definition) is 1. The summed E-state index contributed by atoms with van der Waals surface area (Å²) in [6.45, 7) is 0. The first-order valence-corrected chi connectivity index (χ1v) is 6.57. The number of benzene rings is 1. The Bertz CT molecular complexity index is 763. The number of rotatable bonds is 4. The number of nitrogens with zero attached hydrogens (tertiary/aromatic N) is 3. The Kier molecular flexibility index (Phi) is 4.01. The Morgan fingerprint density at radius 2 is 1.73 bits per heavy atom. The fourth-order valence-electron chi connectivity index (χ4n) is 1.79. The summed E-state index contributed by atoms with van der Waals surface area (Å²) in [7, 11) is 0. The smallest absolute Gasteiger partial charge is 0.321 e. The van der Waals surface area contributed by atoms with Crippen molar-refractivity contribution >= 4 is 11.6 Å². The Morgan fingerprint density at radius 3 is 2.50 bits per heavy atom. The number of aromatic nitrogens is 3. The number of carbonyl (C=O) groups excluding carboxylic acids is 1. The predicted molar refractivity (Wildman–Crippen MR) is 80.7 cm³/mol. The molecule has 3 rings (SSSR count). The van der Waals surface area contributed by atoms with Crippen LogP contribution >= 0.6 is 0 Å². The molecule has 0 aliphatic carbocycles. The summed E-state index contributed by atoms with van der Waals surface area (Å²) in [4.78, 5) is 23.9. The lowest BCUT2D eigenvalue weighted by Gasteiger charge is -2.07. The van der Waals surface area contributed by atoms with Gasteiger partial charge in [0.2, 0.25) is 0 Å². The monoisotopic (exact) mass is 292 g/mol. The van der Waals surface area contributed by atoms with Crippen molar-refractivity contribution in [2.75, 3.05) is 5.32 Å². The van der Waals surface area contributed by atoms with E-state index in [4.69, 9.17) is 4.74 Å². The average Bonchev–Trinajstić information content (AvgIpc) is 2.57. The molecule has 6 heteroatoms. The van der Waals surface area contributed by atoms with E-state index in [1.165, 1.54) is 0 Å². The van der Waals surface area contributed by atoms with Crippen LogP contribution in [-0.2, 0) is 0 Å². The fourth-order valence-corrected chi connectivity index (χ4v) is 1.79. The summed E-state index contributed by atoms with van der Waals surface area (Å²) in [5.41, 5.74) is 1.16. The molecule has 6 nitrogen and oxygen atoms in total. The molecule has 22 heavy (non-hydrogen) atoms. The maximum atomic E-state index is 12.1. The molecule has 0 spiro atoms. The van der Waals surface area contributed by atoms with Gasteiger partial charge in [0.1, 0.15) is 5.75 Å². The number of anilines is 1. The highest BCUT2D eigenvalue weighted by Crippen LogP contribution is 2.21. The Morgan fingerprint density at radius 1 is 0.955 bits per heavy atom. The maximum Gasteiger partial charge on any atom is 0.321 e. The van der Waals surface area contributed by atoms with Crippen molar-refractivity contribution in [3.8, 4) is 11.8 Å². The highest BCUT2D eigenvalue weighted by Gasteiger charge is 2.06. The van der Waals surface area contributed by atoms with E-state index < -0.39 is 0 Å². The fraction of sp³-hybridized carbons (Fsp3) is 0. The van der Waals surface area contributed by atoms with Gasteiger partial charge in [-0.05, 0) is 30.3 Å². The molecule has 0 aliphatic rings. The second-order valence-corrected chi connectivity index (χ2v) is 4.35. The largest absolute Gasteiger partial charge is 0.424 e. The number of ether oxygens (including phenoxy) is 1. The average molecular weight is 292 g/mol. The molecule has 1 aromatic carbocycles. The van der Waals surface area contributed by atoms with Gasteiger partial charge in [-0.3, -0.25) is 9.78 Å². The molecule has 0 saturated heterocycles. The van der Waals surface area contributed by atoms with Gasteiger partial charge in [0, 0.05) is 42.1 Å². The van der Waals surface area contributed by atoms with Crippen LogP contribution < -0.4 is 10.1 Å². The number of nitrogens with one attached hydrogen (secondary N) is 1. The molecule has 1 amide bonds. The van der Waals surface area contributed by atoms with Crippen LogP contribution in [0.4, 0.5) is 5.69 Å². The third-order valence-corrected chi connectivity index (χ3v) is 2.79. The first kappa shape index (κ1) is 13.7. The summed E-state index contributed by atoms with van der Waals surface area (Å²) >= 11 is 0. The van der Waals surface area contributed by atoms with Crippen molar-refractivity contribution in [3.63, 3.8) is 0 Å². The van der Waals surface area contributed by atoms with E-state index in [1.54, 1.807) is 67.3 Å². The van der Waals surface area contributed by atoms with Gasteiger partial charge >= 0.3 is 6.01 Å². The zero-order valence-electron chi connectivity index (χ0n) is 11.5. The molecule has 2 heterocycles. The number of pyridine rings is 1. The number of carbonyl (C=O) groups is 1. The van der Waals surface area contributed by atoms with E-state index >= 15 is 0 Å². The van der Waals surface area contributed by atoms with Gasteiger partial charge in [0.15, 0.2) is 0 Å². The van der Waals surface area contributed by atoms with Gasteiger partial charge in [-0.2, -0.15) is 0 Å². The van der Waals surface area contributed by atoms with Gasteiger partial charge in [-0.15, -0.1) is 0 Å². The minimum Gasteiger partial charge on any atom is -0.424 e. The molecule has 108 valence electrons. The minimum atomic E-state index is -0.212. The van der Waals surface area contributed by atoms with Gasteiger partial charge in [0.05, 0.1) is 0 Å². The summed E-state index contributed by atoms with van der Waals surface area (Å²) in [6, 6.07) is 12.3. The first-order valence-electron chi connectivity index (χ1n) is 6.57. The lowest BCUT2D eigenvalue weighted by atomic mass is 10.2. The standard InChI is InChI=1S/C16H12N4O2/c21-15(12-5-9-17-10-6-12)20-13-3-1-4-14(11-13)22-16-18-7-2-8-19-16/h1-11H,(H,20,21).